The average Bonchev–Trinajstić information content (AvgIpc) is 2.52. The molecule has 0 amide bonds. The Kier molecular flexibility index (Phi) is 3.10. The molecule has 0 radical (unpaired) electrons. The second kappa shape index (κ2) is 4.11. The van der Waals surface area contributed by atoms with Crippen LogP contribution in [0.2, 0.25) is 0 Å². The highest BCUT2D eigenvalue weighted by Crippen LogP contribution is 2.22. The predicted molar refractivity (Wildman–Crippen MR) is 41.3 cm³/mol. The topological polar surface area (TPSA) is 55.8 Å². The van der Waals surface area contributed by atoms with Gasteiger partial charge in [-0.25, -0.2) is 4.79 Å². The van der Waals surface area contributed by atoms with Crippen LogP contribution in [-0.2, 0) is 14.3 Å². The zero-order valence-electron chi connectivity index (χ0n) is 6.95. The first-order chi connectivity index (χ1) is 5.76. The summed E-state index contributed by atoms with van der Waals surface area (Å²) < 4.78 is 9.62. The molecule has 1 heterocycles. The fraction of sp³-hybridized carbons (Fsp3) is 0.625. The average molecular weight is 172 g/mol. The van der Waals surface area contributed by atoms with Gasteiger partial charge in [0.25, 0.3) is 0 Å². The van der Waals surface area contributed by atoms with Crippen molar-refractivity contribution in [3.8, 4) is 0 Å². The van der Waals surface area contributed by atoms with Crippen molar-refractivity contribution in [1.82, 2.24) is 0 Å². The molecule has 1 fully saturated rings. The normalized spacial score (nSPS) is 25.5. The molecule has 0 aromatic carbocycles. The molecule has 0 saturated carbocycles. The van der Waals surface area contributed by atoms with Crippen LogP contribution >= 0.6 is 0 Å². The Hall–Kier alpha value is -1.03. The van der Waals surface area contributed by atoms with Crippen molar-refractivity contribution in [3.05, 3.63) is 11.8 Å². The van der Waals surface area contributed by atoms with Crippen molar-refractivity contribution < 1.29 is 19.4 Å². The Morgan fingerprint density at radius 1 is 1.92 bits per heavy atom. The first-order valence-corrected chi connectivity index (χ1v) is 3.82. The lowest BCUT2D eigenvalue weighted by Crippen LogP contribution is -2.09. The van der Waals surface area contributed by atoms with E-state index in [2.05, 4.69) is 4.74 Å². The summed E-state index contributed by atoms with van der Waals surface area (Å²) >= 11 is 0. The van der Waals surface area contributed by atoms with Crippen LogP contribution in [0.15, 0.2) is 11.8 Å². The molecule has 1 atom stereocenters. The predicted octanol–water partition coefficient (Wildman–Crippen LogP) is 0.215. The Morgan fingerprint density at radius 3 is 3.17 bits per heavy atom. The third-order valence-corrected chi connectivity index (χ3v) is 1.71. The SMILES string of the molecule is COC(=O)/C=C1/CC[C@H](CO)O1. The number of hydrogen-bond acceptors (Lipinski definition) is 4. The van der Waals surface area contributed by atoms with Gasteiger partial charge >= 0.3 is 5.97 Å². The molecule has 4 heteroatoms. The summed E-state index contributed by atoms with van der Waals surface area (Å²) in [4.78, 5) is 10.7. The van der Waals surface area contributed by atoms with Gasteiger partial charge in [-0.05, 0) is 6.42 Å². The number of rotatable bonds is 2. The highest BCUT2D eigenvalue weighted by atomic mass is 16.5. The fourth-order valence-electron chi connectivity index (χ4n) is 1.06. The number of methoxy groups -OCH3 is 1. The molecule has 0 aromatic heterocycles. The molecule has 0 spiro atoms. The Bertz CT molecular complexity index is 197. The maximum absolute atomic E-state index is 10.7. The lowest BCUT2D eigenvalue weighted by Gasteiger charge is -2.05. The minimum Gasteiger partial charge on any atom is -0.492 e. The van der Waals surface area contributed by atoms with Crippen LogP contribution in [0.25, 0.3) is 0 Å². The summed E-state index contributed by atoms with van der Waals surface area (Å²) in [7, 11) is 1.32. The fourth-order valence-corrected chi connectivity index (χ4v) is 1.06. The lowest BCUT2D eigenvalue weighted by atomic mass is 10.2. The van der Waals surface area contributed by atoms with E-state index >= 15 is 0 Å². The lowest BCUT2D eigenvalue weighted by molar-refractivity contribution is -0.135. The summed E-state index contributed by atoms with van der Waals surface area (Å²) in [6, 6.07) is 0. The third kappa shape index (κ3) is 2.23. The van der Waals surface area contributed by atoms with Crippen molar-refractivity contribution in [2.24, 2.45) is 0 Å². The summed E-state index contributed by atoms with van der Waals surface area (Å²) in [5.74, 6) is 0.185. The summed E-state index contributed by atoms with van der Waals surface area (Å²) in [6.07, 6.45) is 2.62. The van der Waals surface area contributed by atoms with Gasteiger partial charge in [0.15, 0.2) is 0 Å². The number of aliphatic hydroxyl groups is 1. The summed E-state index contributed by atoms with van der Waals surface area (Å²) in [5, 5.41) is 8.71. The van der Waals surface area contributed by atoms with Crippen molar-refractivity contribution in [2.45, 2.75) is 18.9 Å². The zero-order chi connectivity index (χ0) is 8.97. The molecular weight excluding hydrogens is 160 g/mol. The van der Waals surface area contributed by atoms with E-state index in [0.717, 1.165) is 6.42 Å². The molecule has 0 bridgehead atoms. The largest absolute Gasteiger partial charge is 0.492 e. The van der Waals surface area contributed by atoms with Gasteiger partial charge in [-0.1, -0.05) is 0 Å². The van der Waals surface area contributed by atoms with Crippen molar-refractivity contribution in [2.75, 3.05) is 13.7 Å². The van der Waals surface area contributed by atoms with E-state index in [0.29, 0.717) is 12.2 Å². The molecular formula is C8H12O4. The highest BCUT2D eigenvalue weighted by Gasteiger charge is 2.20. The third-order valence-electron chi connectivity index (χ3n) is 1.71. The van der Waals surface area contributed by atoms with Crippen LogP contribution in [0, 0.1) is 0 Å². The minimum atomic E-state index is -0.413. The number of esters is 1. The van der Waals surface area contributed by atoms with Crippen LogP contribution in [0.3, 0.4) is 0 Å². The molecule has 1 rings (SSSR count). The molecule has 12 heavy (non-hydrogen) atoms. The number of allylic oxidation sites excluding steroid dienone is 1. The summed E-state index contributed by atoms with van der Waals surface area (Å²) in [5.41, 5.74) is 0. The Labute approximate surface area is 70.8 Å². The van der Waals surface area contributed by atoms with E-state index in [1.807, 2.05) is 0 Å². The smallest absolute Gasteiger partial charge is 0.333 e. The van der Waals surface area contributed by atoms with Gasteiger partial charge in [-0.15, -0.1) is 0 Å². The van der Waals surface area contributed by atoms with Gasteiger partial charge in [0.2, 0.25) is 0 Å². The van der Waals surface area contributed by atoms with E-state index < -0.39 is 5.97 Å². The second-order valence-corrected chi connectivity index (χ2v) is 2.59. The van der Waals surface area contributed by atoms with Gasteiger partial charge < -0.3 is 14.6 Å². The number of hydrogen-bond donors (Lipinski definition) is 1. The van der Waals surface area contributed by atoms with E-state index in [-0.39, 0.29) is 12.7 Å². The Morgan fingerprint density at radius 2 is 2.67 bits per heavy atom. The first kappa shape index (κ1) is 9.06. The van der Waals surface area contributed by atoms with Gasteiger partial charge in [0, 0.05) is 6.42 Å². The Balaban J connectivity index is 2.45. The number of carbonyl (C=O) groups excluding carboxylic acids is 1. The van der Waals surface area contributed by atoms with Crippen molar-refractivity contribution in [3.63, 3.8) is 0 Å². The minimum absolute atomic E-state index is 0.00148. The van der Waals surface area contributed by atoms with Crippen LogP contribution in [0.1, 0.15) is 12.8 Å². The van der Waals surface area contributed by atoms with E-state index in [1.165, 1.54) is 13.2 Å². The molecule has 0 aromatic rings. The number of ether oxygens (including phenoxy) is 2. The van der Waals surface area contributed by atoms with Gasteiger partial charge in [0.05, 0.1) is 19.8 Å². The zero-order valence-corrected chi connectivity index (χ0v) is 6.95. The van der Waals surface area contributed by atoms with Crippen molar-refractivity contribution >= 4 is 5.97 Å². The van der Waals surface area contributed by atoms with Gasteiger partial charge in [0.1, 0.15) is 11.9 Å². The molecule has 1 N–H and O–H groups in total. The van der Waals surface area contributed by atoms with Gasteiger partial charge in [-0.2, -0.15) is 0 Å². The quantitative estimate of drug-likeness (QED) is 0.478. The number of aliphatic hydroxyl groups excluding tert-OH is 1. The van der Waals surface area contributed by atoms with Gasteiger partial charge in [-0.3, -0.25) is 0 Å². The second-order valence-electron chi connectivity index (χ2n) is 2.59. The standard InChI is InChI=1S/C8H12O4/c1-11-8(10)4-6-2-3-7(5-9)12-6/h4,7,9H,2-3,5H2,1H3/b6-4-/t7-/m1/s1. The van der Waals surface area contributed by atoms with Crippen molar-refractivity contribution in [1.29, 1.82) is 0 Å². The molecule has 68 valence electrons. The van der Waals surface area contributed by atoms with Crippen LogP contribution in [0.5, 0.6) is 0 Å². The highest BCUT2D eigenvalue weighted by molar-refractivity contribution is 5.82. The van der Waals surface area contributed by atoms with Crippen LogP contribution in [0.4, 0.5) is 0 Å². The molecule has 1 aliphatic rings. The first-order valence-electron chi connectivity index (χ1n) is 3.82. The maximum atomic E-state index is 10.7. The van der Waals surface area contributed by atoms with Crippen LogP contribution in [-0.4, -0.2) is 30.9 Å². The van der Waals surface area contributed by atoms with E-state index in [1.54, 1.807) is 0 Å². The van der Waals surface area contributed by atoms with E-state index in [4.69, 9.17) is 9.84 Å². The molecule has 4 nitrogen and oxygen atoms in total. The van der Waals surface area contributed by atoms with Crippen LogP contribution < -0.4 is 0 Å². The summed E-state index contributed by atoms with van der Waals surface area (Å²) in [6.45, 7) is -0.00148. The molecule has 0 unspecified atom stereocenters. The molecule has 0 aliphatic carbocycles. The molecule has 1 saturated heterocycles. The monoisotopic (exact) mass is 172 g/mol. The maximum Gasteiger partial charge on any atom is 0.333 e. The number of carbonyl (C=O) groups is 1. The van der Waals surface area contributed by atoms with E-state index in [9.17, 15) is 4.79 Å². The molecule has 1 aliphatic heterocycles.